The minimum absolute atomic E-state index is 0.109. The van der Waals surface area contributed by atoms with Crippen LogP contribution in [0.2, 0.25) is 0 Å². The molecule has 7 heteroatoms. The van der Waals surface area contributed by atoms with Gasteiger partial charge in [-0.2, -0.15) is 0 Å². The molecule has 0 aliphatic carbocycles. The lowest BCUT2D eigenvalue weighted by atomic mass is 10.1. The third-order valence-electron chi connectivity index (χ3n) is 3.96. The monoisotopic (exact) mass is 375 g/mol. The second kappa shape index (κ2) is 8.23. The first-order valence-electron chi connectivity index (χ1n) is 8.06. The first-order chi connectivity index (χ1) is 12.5. The number of methoxy groups -OCH3 is 1. The van der Waals surface area contributed by atoms with Gasteiger partial charge in [-0.05, 0) is 41.8 Å². The van der Waals surface area contributed by atoms with Crippen LogP contribution in [0.15, 0.2) is 48.5 Å². The van der Waals surface area contributed by atoms with E-state index in [9.17, 15) is 14.0 Å². The number of rotatable bonds is 7. The number of thioether (sulfide) groups is 1. The van der Waals surface area contributed by atoms with Crippen LogP contribution in [0.4, 0.5) is 9.18 Å². The maximum absolute atomic E-state index is 14.3. The van der Waals surface area contributed by atoms with Crippen molar-refractivity contribution in [2.75, 3.05) is 13.7 Å². The smallest absolute Gasteiger partial charge is 0.286 e. The molecule has 2 aromatic carbocycles. The Bertz CT molecular complexity index is 796. The van der Waals surface area contributed by atoms with Crippen molar-refractivity contribution in [1.82, 2.24) is 5.32 Å². The highest BCUT2D eigenvalue weighted by Crippen LogP contribution is 2.25. The van der Waals surface area contributed by atoms with Crippen LogP contribution in [-0.4, -0.2) is 30.1 Å². The van der Waals surface area contributed by atoms with E-state index in [1.54, 1.807) is 36.4 Å². The number of nitrogens with one attached hydrogen (secondary N) is 1. The Morgan fingerprint density at radius 2 is 1.92 bits per heavy atom. The highest BCUT2D eigenvalue weighted by molar-refractivity contribution is 8.15. The molecule has 0 radical (unpaired) electrons. The van der Waals surface area contributed by atoms with Crippen LogP contribution in [-0.2, 0) is 11.2 Å². The van der Waals surface area contributed by atoms with E-state index in [4.69, 9.17) is 9.47 Å². The number of alkyl halides is 1. The molecule has 1 aliphatic rings. The zero-order valence-corrected chi connectivity index (χ0v) is 14.9. The molecule has 0 aromatic heterocycles. The van der Waals surface area contributed by atoms with Crippen LogP contribution >= 0.6 is 11.8 Å². The van der Waals surface area contributed by atoms with Crippen molar-refractivity contribution in [1.29, 1.82) is 0 Å². The normalized spacial score (nSPS) is 17.7. The van der Waals surface area contributed by atoms with Gasteiger partial charge in [-0.15, -0.1) is 0 Å². The number of hydrogen-bond acceptors (Lipinski definition) is 5. The summed E-state index contributed by atoms with van der Waals surface area (Å²) in [4.78, 5) is 22.8. The zero-order chi connectivity index (χ0) is 18.5. The molecule has 26 heavy (non-hydrogen) atoms. The highest BCUT2D eigenvalue weighted by atomic mass is 32.2. The molecule has 5 nitrogen and oxygen atoms in total. The molecule has 1 aliphatic heterocycles. The molecule has 1 saturated heterocycles. The molecule has 0 bridgehead atoms. The van der Waals surface area contributed by atoms with E-state index < -0.39 is 11.4 Å². The molecule has 2 amide bonds. The Kier molecular flexibility index (Phi) is 5.78. The minimum Gasteiger partial charge on any atom is -0.497 e. The Morgan fingerprint density at radius 3 is 2.58 bits per heavy atom. The van der Waals surface area contributed by atoms with Gasteiger partial charge >= 0.3 is 0 Å². The number of carbonyl (C=O) groups is 2. The number of imide groups is 1. The van der Waals surface area contributed by atoms with E-state index in [0.717, 1.165) is 17.3 Å². The second-order valence-electron chi connectivity index (χ2n) is 5.79. The first-order valence-corrected chi connectivity index (χ1v) is 8.94. The molecule has 3 rings (SSSR count). The number of carbonyl (C=O) groups excluding carboxylic acids is 2. The quantitative estimate of drug-likeness (QED) is 0.800. The predicted molar refractivity (Wildman–Crippen MR) is 97.4 cm³/mol. The fourth-order valence-electron chi connectivity index (χ4n) is 2.57. The fraction of sp³-hybridized carbons (Fsp3) is 0.263. The van der Waals surface area contributed by atoms with Crippen molar-refractivity contribution >= 4 is 22.9 Å². The minimum atomic E-state index is -1.27. The largest absolute Gasteiger partial charge is 0.497 e. The van der Waals surface area contributed by atoms with Crippen molar-refractivity contribution in [2.45, 2.75) is 17.8 Å². The van der Waals surface area contributed by atoms with Crippen LogP contribution in [0, 0.1) is 0 Å². The summed E-state index contributed by atoms with van der Waals surface area (Å²) < 4.78 is 24.9. The van der Waals surface area contributed by atoms with Crippen molar-refractivity contribution in [2.24, 2.45) is 0 Å². The third kappa shape index (κ3) is 4.54. The molecule has 1 heterocycles. The van der Waals surface area contributed by atoms with Crippen molar-refractivity contribution in [3.63, 3.8) is 0 Å². The molecule has 1 fully saturated rings. The Labute approximate surface area is 154 Å². The summed E-state index contributed by atoms with van der Waals surface area (Å²) in [5, 5.41) is 1.55. The van der Waals surface area contributed by atoms with E-state index in [-0.39, 0.29) is 17.8 Å². The lowest BCUT2D eigenvalue weighted by molar-refractivity contribution is -0.118. The van der Waals surface area contributed by atoms with E-state index >= 15 is 0 Å². The SMILES string of the molecule is COc1cccc(C(F)COc2ccc(CC3SC(=O)NC3=O)cc2)c1. The molecular formula is C19H18FNO4S. The highest BCUT2D eigenvalue weighted by Gasteiger charge is 2.31. The van der Waals surface area contributed by atoms with Crippen LogP contribution in [0.3, 0.4) is 0 Å². The maximum Gasteiger partial charge on any atom is 0.286 e. The molecule has 2 atom stereocenters. The number of ether oxygens (including phenoxy) is 2. The van der Waals surface area contributed by atoms with E-state index in [1.165, 1.54) is 7.11 Å². The van der Waals surface area contributed by atoms with Gasteiger partial charge < -0.3 is 9.47 Å². The molecular weight excluding hydrogens is 357 g/mol. The topological polar surface area (TPSA) is 64.6 Å². The van der Waals surface area contributed by atoms with Crippen molar-refractivity contribution < 1.29 is 23.5 Å². The van der Waals surface area contributed by atoms with Crippen molar-refractivity contribution in [3.8, 4) is 11.5 Å². The Morgan fingerprint density at radius 1 is 1.15 bits per heavy atom. The summed E-state index contributed by atoms with van der Waals surface area (Å²) >= 11 is 0.997. The lowest BCUT2D eigenvalue weighted by Crippen LogP contribution is -2.25. The van der Waals surface area contributed by atoms with Gasteiger partial charge in [0, 0.05) is 0 Å². The lowest BCUT2D eigenvalue weighted by Gasteiger charge is -2.12. The summed E-state index contributed by atoms with van der Waals surface area (Å²) in [5.74, 6) is 0.875. The molecule has 2 aromatic rings. The molecule has 2 unspecified atom stereocenters. The van der Waals surface area contributed by atoms with Gasteiger partial charge in [0.1, 0.15) is 18.1 Å². The van der Waals surface area contributed by atoms with Crippen LogP contribution < -0.4 is 14.8 Å². The van der Waals surface area contributed by atoms with Gasteiger partial charge in [0.05, 0.1) is 12.4 Å². The van der Waals surface area contributed by atoms with Gasteiger partial charge in [0.2, 0.25) is 5.91 Å². The molecule has 1 N–H and O–H groups in total. The summed E-state index contributed by atoms with van der Waals surface area (Å²) in [5.41, 5.74) is 1.40. The number of benzene rings is 2. The summed E-state index contributed by atoms with van der Waals surface area (Å²) in [7, 11) is 1.54. The first kappa shape index (κ1) is 18.3. The number of hydrogen-bond donors (Lipinski definition) is 1. The third-order valence-corrected chi connectivity index (χ3v) is 4.94. The molecule has 0 saturated carbocycles. The van der Waals surface area contributed by atoms with E-state index in [1.807, 2.05) is 12.1 Å². The van der Waals surface area contributed by atoms with Gasteiger partial charge in [-0.3, -0.25) is 14.9 Å². The second-order valence-corrected chi connectivity index (χ2v) is 6.96. The van der Waals surface area contributed by atoms with Gasteiger partial charge in [0.15, 0.2) is 6.17 Å². The van der Waals surface area contributed by atoms with Crippen LogP contribution in [0.1, 0.15) is 17.3 Å². The summed E-state index contributed by atoms with van der Waals surface area (Å²) in [6.07, 6.45) is -0.813. The predicted octanol–water partition coefficient (Wildman–Crippen LogP) is 3.68. The number of halogens is 1. The Balaban J connectivity index is 1.54. The zero-order valence-electron chi connectivity index (χ0n) is 14.1. The van der Waals surface area contributed by atoms with Gasteiger partial charge in [-0.1, -0.05) is 36.0 Å². The van der Waals surface area contributed by atoms with Crippen LogP contribution in [0.5, 0.6) is 11.5 Å². The standard InChI is InChI=1S/C19H18FNO4S/c1-24-15-4-2-3-13(10-15)16(20)11-25-14-7-5-12(6-8-14)9-17-18(22)21-19(23)26-17/h2-8,10,16-17H,9,11H2,1H3,(H,21,22,23). The Hall–Kier alpha value is -2.54. The fourth-order valence-corrected chi connectivity index (χ4v) is 3.43. The average molecular weight is 375 g/mol. The van der Waals surface area contributed by atoms with Gasteiger partial charge in [-0.25, -0.2) is 4.39 Å². The molecule has 0 spiro atoms. The number of amides is 2. The molecule has 136 valence electrons. The average Bonchev–Trinajstić information content (AvgIpc) is 2.97. The van der Waals surface area contributed by atoms with E-state index in [0.29, 0.717) is 23.5 Å². The van der Waals surface area contributed by atoms with Gasteiger partial charge in [0.25, 0.3) is 5.24 Å². The van der Waals surface area contributed by atoms with Crippen LogP contribution in [0.25, 0.3) is 0 Å². The summed E-state index contributed by atoms with van der Waals surface area (Å²) in [6, 6.07) is 13.9. The maximum atomic E-state index is 14.3. The van der Waals surface area contributed by atoms with Crippen molar-refractivity contribution in [3.05, 3.63) is 59.7 Å². The van der Waals surface area contributed by atoms with E-state index in [2.05, 4.69) is 5.32 Å². The summed E-state index contributed by atoms with van der Waals surface area (Å²) in [6.45, 7) is -0.109.